The smallest absolute Gasteiger partial charge is 0.0682 e. The Morgan fingerprint density at radius 3 is 1.96 bits per heavy atom. The van der Waals surface area contributed by atoms with Gasteiger partial charge in [0.1, 0.15) is 0 Å². The van der Waals surface area contributed by atoms with E-state index in [0.717, 1.165) is 24.4 Å². The van der Waals surface area contributed by atoms with Crippen molar-refractivity contribution in [2.45, 2.75) is 129 Å². The Balaban J connectivity index is 1.73. The van der Waals surface area contributed by atoms with E-state index >= 15 is 0 Å². The molecule has 0 N–H and O–H groups in total. The highest BCUT2D eigenvalue weighted by Crippen LogP contribution is 2.45. The fourth-order valence-electron chi connectivity index (χ4n) is 5.82. The van der Waals surface area contributed by atoms with Gasteiger partial charge in [-0.3, -0.25) is 0 Å². The summed E-state index contributed by atoms with van der Waals surface area (Å²) in [7, 11) is 0. The zero-order valence-electron chi connectivity index (χ0n) is 17.7. The molecular formula is C24H46O. The molecule has 0 amide bonds. The Kier molecular flexibility index (Phi) is 9.89. The Hall–Kier alpha value is -0.0400. The van der Waals surface area contributed by atoms with Gasteiger partial charge in [-0.25, -0.2) is 0 Å². The molecule has 2 aliphatic rings. The second-order valence-electron chi connectivity index (χ2n) is 9.19. The summed E-state index contributed by atoms with van der Waals surface area (Å²) in [5.74, 6) is 3.10. The van der Waals surface area contributed by atoms with Gasteiger partial charge >= 0.3 is 0 Å². The summed E-state index contributed by atoms with van der Waals surface area (Å²) in [6.07, 6.45) is 22.8. The minimum atomic E-state index is 0.247. The van der Waals surface area contributed by atoms with Crippen LogP contribution in [0.4, 0.5) is 0 Å². The second kappa shape index (κ2) is 11.6. The number of hydrogen-bond donors (Lipinski definition) is 0. The molecule has 148 valence electrons. The first kappa shape index (κ1) is 21.3. The van der Waals surface area contributed by atoms with E-state index in [2.05, 4.69) is 20.8 Å². The lowest BCUT2D eigenvalue weighted by molar-refractivity contribution is -0.0855. The van der Waals surface area contributed by atoms with Crippen LogP contribution in [-0.4, -0.2) is 12.2 Å². The quantitative estimate of drug-likeness (QED) is 0.344. The monoisotopic (exact) mass is 350 g/mol. The van der Waals surface area contributed by atoms with Crippen LogP contribution in [0.5, 0.6) is 0 Å². The topological polar surface area (TPSA) is 9.23 Å². The van der Waals surface area contributed by atoms with Gasteiger partial charge in [0.05, 0.1) is 5.60 Å². The summed E-state index contributed by atoms with van der Waals surface area (Å²) in [5.41, 5.74) is 0.247. The van der Waals surface area contributed by atoms with Crippen LogP contribution in [-0.2, 0) is 4.74 Å². The summed E-state index contributed by atoms with van der Waals surface area (Å²) in [5, 5.41) is 0. The zero-order chi connectivity index (χ0) is 18.0. The Bertz CT molecular complexity index is 321. The van der Waals surface area contributed by atoms with E-state index in [-0.39, 0.29) is 5.60 Å². The van der Waals surface area contributed by atoms with Crippen LogP contribution in [0.3, 0.4) is 0 Å². The second-order valence-corrected chi connectivity index (χ2v) is 9.19. The number of unbranched alkanes of at least 4 members (excludes halogenated alkanes) is 4. The van der Waals surface area contributed by atoms with Crippen LogP contribution in [0.1, 0.15) is 124 Å². The van der Waals surface area contributed by atoms with Crippen LogP contribution in [0.2, 0.25) is 0 Å². The Morgan fingerprint density at radius 1 is 0.720 bits per heavy atom. The standard InChI is InChI=1S/C24H46O/c1-4-7-8-9-10-18-24(25-6-3)19-16-23(17-20-24)22-14-12-21(11-5-2)13-15-22/h21-23H,4-20H2,1-3H3/t21?,22?,23-,24+. The van der Waals surface area contributed by atoms with Crippen molar-refractivity contribution in [3.8, 4) is 0 Å². The summed E-state index contributed by atoms with van der Waals surface area (Å²) in [4.78, 5) is 0. The highest BCUT2D eigenvalue weighted by molar-refractivity contribution is 4.90. The van der Waals surface area contributed by atoms with Gasteiger partial charge in [0.25, 0.3) is 0 Å². The average molecular weight is 351 g/mol. The van der Waals surface area contributed by atoms with E-state index in [1.807, 2.05) is 0 Å². The first-order valence-electron chi connectivity index (χ1n) is 11.9. The number of rotatable bonds is 11. The third-order valence-electron chi connectivity index (χ3n) is 7.38. The Labute approximate surface area is 158 Å². The minimum Gasteiger partial charge on any atom is -0.375 e. The molecule has 0 atom stereocenters. The summed E-state index contributed by atoms with van der Waals surface area (Å²) >= 11 is 0. The third-order valence-corrected chi connectivity index (χ3v) is 7.38. The molecule has 2 aliphatic carbocycles. The SMILES string of the molecule is CCCCCCC[C@]1(OCC)CC[C@@H](C2CCC(CCC)CC2)CC1. The average Bonchev–Trinajstić information content (AvgIpc) is 2.64. The van der Waals surface area contributed by atoms with Crippen LogP contribution in [0.25, 0.3) is 0 Å². The third kappa shape index (κ3) is 6.89. The van der Waals surface area contributed by atoms with Crippen molar-refractivity contribution in [3.63, 3.8) is 0 Å². The highest BCUT2D eigenvalue weighted by atomic mass is 16.5. The molecule has 1 nitrogen and oxygen atoms in total. The van der Waals surface area contributed by atoms with Crippen molar-refractivity contribution in [2.75, 3.05) is 6.61 Å². The normalized spacial score (nSPS) is 33.5. The van der Waals surface area contributed by atoms with Crippen LogP contribution >= 0.6 is 0 Å². The molecule has 25 heavy (non-hydrogen) atoms. The molecular weight excluding hydrogens is 304 g/mol. The zero-order valence-corrected chi connectivity index (χ0v) is 17.7. The summed E-state index contributed by atoms with van der Waals surface area (Å²) in [6.45, 7) is 7.75. The molecule has 0 saturated heterocycles. The van der Waals surface area contributed by atoms with Gasteiger partial charge < -0.3 is 4.74 Å². The fourth-order valence-corrected chi connectivity index (χ4v) is 5.82. The van der Waals surface area contributed by atoms with Crippen LogP contribution < -0.4 is 0 Å². The van der Waals surface area contributed by atoms with Crippen LogP contribution in [0.15, 0.2) is 0 Å². The van der Waals surface area contributed by atoms with E-state index in [9.17, 15) is 0 Å². The van der Waals surface area contributed by atoms with Gasteiger partial charge in [0, 0.05) is 6.61 Å². The van der Waals surface area contributed by atoms with E-state index in [4.69, 9.17) is 4.74 Å². The Morgan fingerprint density at radius 2 is 1.36 bits per heavy atom. The van der Waals surface area contributed by atoms with Crippen molar-refractivity contribution in [1.29, 1.82) is 0 Å². The molecule has 0 aliphatic heterocycles. The van der Waals surface area contributed by atoms with E-state index in [0.29, 0.717) is 0 Å². The van der Waals surface area contributed by atoms with Crippen LogP contribution in [0, 0.1) is 17.8 Å². The van der Waals surface area contributed by atoms with Crippen molar-refractivity contribution in [1.82, 2.24) is 0 Å². The fraction of sp³-hybridized carbons (Fsp3) is 1.00. The maximum Gasteiger partial charge on any atom is 0.0682 e. The molecule has 1 heteroatoms. The van der Waals surface area contributed by atoms with Gasteiger partial charge in [-0.15, -0.1) is 0 Å². The maximum atomic E-state index is 6.36. The molecule has 0 aromatic heterocycles. The molecule has 0 aromatic rings. The van der Waals surface area contributed by atoms with Crippen molar-refractivity contribution >= 4 is 0 Å². The maximum absolute atomic E-state index is 6.36. The first-order chi connectivity index (χ1) is 12.2. The van der Waals surface area contributed by atoms with E-state index in [1.165, 1.54) is 103 Å². The summed E-state index contributed by atoms with van der Waals surface area (Å²) < 4.78 is 6.36. The summed E-state index contributed by atoms with van der Waals surface area (Å²) in [6, 6.07) is 0. The lowest BCUT2D eigenvalue weighted by Crippen LogP contribution is -2.39. The molecule has 0 bridgehead atoms. The molecule has 0 radical (unpaired) electrons. The molecule has 0 heterocycles. The highest BCUT2D eigenvalue weighted by Gasteiger charge is 2.38. The molecule has 0 spiro atoms. The van der Waals surface area contributed by atoms with Crippen molar-refractivity contribution in [3.05, 3.63) is 0 Å². The minimum absolute atomic E-state index is 0.247. The first-order valence-corrected chi connectivity index (χ1v) is 11.9. The van der Waals surface area contributed by atoms with Gasteiger partial charge in [-0.2, -0.15) is 0 Å². The van der Waals surface area contributed by atoms with E-state index < -0.39 is 0 Å². The molecule has 0 aromatic carbocycles. The predicted molar refractivity (Wildman–Crippen MR) is 110 cm³/mol. The van der Waals surface area contributed by atoms with Crippen molar-refractivity contribution in [2.24, 2.45) is 17.8 Å². The molecule has 0 unspecified atom stereocenters. The predicted octanol–water partition coefficient (Wildman–Crippen LogP) is 7.92. The van der Waals surface area contributed by atoms with Gasteiger partial charge in [-0.05, 0) is 69.6 Å². The number of ether oxygens (including phenoxy) is 1. The largest absolute Gasteiger partial charge is 0.375 e. The molecule has 2 fully saturated rings. The van der Waals surface area contributed by atoms with Crippen molar-refractivity contribution < 1.29 is 4.74 Å². The number of hydrogen-bond acceptors (Lipinski definition) is 1. The van der Waals surface area contributed by atoms with Gasteiger partial charge in [0.15, 0.2) is 0 Å². The lowest BCUT2D eigenvalue weighted by Gasteiger charge is -2.44. The lowest BCUT2D eigenvalue weighted by atomic mass is 9.67. The molecule has 2 saturated carbocycles. The van der Waals surface area contributed by atoms with E-state index in [1.54, 1.807) is 0 Å². The van der Waals surface area contributed by atoms with Gasteiger partial charge in [0.2, 0.25) is 0 Å². The van der Waals surface area contributed by atoms with Gasteiger partial charge in [-0.1, -0.05) is 71.6 Å². The molecule has 2 rings (SSSR count).